The fourth-order valence-electron chi connectivity index (χ4n) is 4.17. The molecule has 1 aliphatic heterocycles. The second-order valence-electron chi connectivity index (χ2n) is 8.28. The van der Waals surface area contributed by atoms with Crippen LogP contribution in [0.1, 0.15) is 27.2 Å². The molecule has 170 valence electrons. The van der Waals surface area contributed by atoms with Crippen LogP contribution in [0.25, 0.3) is 22.6 Å². The number of anilines is 1. The van der Waals surface area contributed by atoms with Gasteiger partial charge in [0.25, 0.3) is 11.5 Å². The summed E-state index contributed by atoms with van der Waals surface area (Å²) in [6.07, 6.45) is 1.50. The van der Waals surface area contributed by atoms with Crippen molar-refractivity contribution in [2.24, 2.45) is 0 Å². The largest absolute Gasteiger partial charge is 0.379 e. The highest BCUT2D eigenvalue weighted by molar-refractivity contribution is 6.06. The maximum atomic E-state index is 12.8. The number of carbonyl (C=O) groups excluding carboxylic acids is 1. The van der Waals surface area contributed by atoms with Gasteiger partial charge >= 0.3 is 0 Å². The van der Waals surface area contributed by atoms with E-state index in [4.69, 9.17) is 4.74 Å². The number of fused-ring (bicyclic) bond motifs is 1. The van der Waals surface area contributed by atoms with Crippen LogP contribution in [-0.4, -0.2) is 62.3 Å². The lowest BCUT2D eigenvalue weighted by Gasteiger charge is -2.26. The fourth-order valence-corrected chi connectivity index (χ4v) is 4.17. The number of aryl methyl sites for hydroxylation is 2. The van der Waals surface area contributed by atoms with E-state index in [0.29, 0.717) is 28.5 Å². The topological polar surface area (TPSA) is 132 Å². The van der Waals surface area contributed by atoms with Gasteiger partial charge < -0.3 is 20.0 Å². The smallest absolute Gasteiger partial charge is 0.261 e. The number of pyridine rings is 1. The van der Waals surface area contributed by atoms with Crippen molar-refractivity contribution in [2.75, 3.05) is 31.6 Å². The van der Waals surface area contributed by atoms with E-state index in [2.05, 4.69) is 47.5 Å². The van der Waals surface area contributed by atoms with Gasteiger partial charge in [0, 0.05) is 25.3 Å². The molecule has 1 amide bonds. The number of amides is 1. The first-order valence-corrected chi connectivity index (χ1v) is 10.8. The standard InChI is InChI=1S/C23H25N7O3/c1-13-9-14(2)25-22(31)19(13)23(32)28-18-11-24-29-20(18)21-26-16-4-3-15(10-17(16)27-21)12-30-5-7-33-8-6-30/h3-4,9-11H,5-8,12H2,1-2H3,(H,24,29)(H,25,31)(H,26,27)(H,28,32). The number of rotatable bonds is 5. The maximum Gasteiger partial charge on any atom is 0.261 e. The zero-order valence-corrected chi connectivity index (χ0v) is 18.5. The van der Waals surface area contributed by atoms with Gasteiger partial charge in [0.05, 0.1) is 36.1 Å². The van der Waals surface area contributed by atoms with E-state index >= 15 is 0 Å². The normalized spacial score (nSPS) is 14.6. The van der Waals surface area contributed by atoms with Crippen molar-refractivity contribution in [2.45, 2.75) is 20.4 Å². The minimum atomic E-state index is -0.500. The number of nitrogens with zero attached hydrogens (tertiary/aromatic N) is 3. The molecule has 0 radical (unpaired) electrons. The van der Waals surface area contributed by atoms with Gasteiger partial charge in [-0.3, -0.25) is 19.6 Å². The highest BCUT2D eigenvalue weighted by Gasteiger charge is 2.19. The Morgan fingerprint density at radius 1 is 1.18 bits per heavy atom. The number of hydrogen-bond donors (Lipinski definition) is 4. The lowest BCUT2D eigenvalue weighted by atomic mass is 10.1. The quantitative estimate of drug-likeness (QED) is 0.371. The molecule has 33 heavy (non-hydrogen) atoms. The van der Waals surface area contributed by atoms with E-state index in [1.165, 1.54) is 11.8 Å². The average molecular weight is 447 g/mol. The zero-order chi connectivity index (χ0) is 22.9. The third-order valence-corrected chi connectivity index (χ3v) is 5.77. The molecule has 0 saturated carbocycles. The van der Waals surface area contributed by atoms with E-state index in [9.17, 15) is 9.59 Å². The van der Waals surface area contributed by atoms with Crippen molar-refractivity contribution in [3.8, 4) is 11.5 Å². The summed E-state index contributed by atoms with van der Waals surface area (Å²) in [5.74, 6) is 0.0520. The molecule has 4 N–H and O–H groups in total. The van der Waals surface area contributed by atoms with Crippen LogP contribution in [0, 0.1) is 13.8 Å². The monoisotopic (exact) mass is 447 g/mol. The fraction of sp³-hybridized carbons (Fsp3) is 0.304. The predicted octanol–water partition coefficient (Wildman–Crippen LogP) is 2.34. The molecule has 1 aliphatic rings. The minimum absolute atomic E-state index is 0.0742. The number of aromatic amines is 3. The first-order valence-electron chi connectivity index (χ1n) is 10.8. The van der Waals surface area contributed by atoms with Crippen LogP contribution >= 0.6 is 0 Å². The van der Waals surface area contributed by atoms with Gasteiger partial charge in [-0.2, -0.15) is 5.10 Å². The van der Waals surface area contributed by atoms with Crippen LogP contribution < -0.4 is 10.9 Å². The molecular formula is C23H25N7O3. The molecule has 1 aromatic carbocycles. The van der Waals surface area contributed by atoms with E-state index in [0.717, 1.165) is 43.9 Å². The van der Waals surface area contributed by atoms with Crippen LogP contribution in [-0.2, 0) is 11.3 Å². The summed E-state index contributed by atoms with van der Waals surface area (Å²) in [6.45, 7) is 7.74. The summed E-state index contributed by atoms with van der Waals surface area (Å²) in [4.78, 5) is 38.1. The molecule has 3 aromatic heterocycles. The second-order valence-corrected chi connectivity index (χ2v) is 8.28. The lowest BCUT2D eigenvalue weighted by Crippen LogP contribution is -2.35. The third kappa shape index (κ3) is 4.30. The van der Waals surface area contributed by atoms with Crippen molar-refractivity contribution in [3.63, 3.8) is 0 Å². The Morgan fingerprint density at radius 2 is 2.00 bits per heavy atom. The number of benzene rings is 1. The van der Waals surface area contributed by atoms with Crippen LogP contribution in [0.15, 0.2) is 35.3 Å². The molecule has 4 aromatic rings. The van der Waals surface area contributed by atoms with Crippen molar-refractivity contribution in [1.82, 2.24) is 30.0 Å². The molecule has 4 heterocycles. The van der Waals surface area contributed by atoms with Gasteiger partial charge in [-0.25, -0.2) is 4.98 Å². The van der Waals surface area contributed by atoms with Crippen LogP contribution in [0.4, 0.5) is 5.69 Å². The summed E-state index contributed by atoms with van der Waals surface area (Å²) < 4.78 is 5.42. The summed E-state index contributed by atoms with van der Waals surface area (Å²) in [7, 11) is 0. The van der Waals surface area contributed by atoms with E-state index in [1.807, 2.05) is 6.07 Å². The van der Waals surface area contributed by atoms with E-state index in [-0.39, 0.29) is 5.56 Å². The highest BCUT2D eigenvalue weighted by atomic mass is 16.5. The van der Waals surface area contributed by atoms with Crippen LogP contribution in [0.2, 0.25) is 0 Å². The zero-order valence-electron chi connectivity index (χ0n) is 18.5. The molecule has 10 heteroatoms. The maximum absolute atomic E-state index is 12.8. The van der Waals surface area contributed by atoms with Crippen molar-refractivity contribution in [3.05, 3.63) is 63.2 Å². The molecular weight excluding hydrogens is 422 g/mol. The Morgan fingerprint density at radius 3 is 2.79 bits per heavy atom. The summed E-state index contributed by atoms with van der Waals surface area (Å²) in [6, 6.07) is 7.91. The Balaban J connectivity index is 1.39. The molecule has 1 saturated heterocycles. The number of ether oxygens (including phenoxy) is 1. The van der Waals surface area contributed by atoms with Gasteiger partial charge in [-0.05, 0) is 43.2 Å². The van der Waals surface area contributed by atoms with Gasteiger partial charge in [0.1, 0.15) is 11.3 Å². The first-order chi connectivity index (χ1) is 16.0. The SMILES string of the molecule is Cc1cc(C)c(C(=O)Nc2cn[nH]c2-c2nc3ccc(CN4CCOCC4)cc3[nH]2)c(=O)[nH]1. The predicted molar refractivity (Wildman–Crippen MR) is 124 cm³/mol. The van der Waals surface area contributed by atoms with Crippen molar-refractivity contribution in [1.29, 1.82) is 0 Å². The molecule has 0 atom stereocenters. The minimum Gasteiger partial charge on any atom is -0.379 e. The van der Waals surface area contributed by atoms with Gasteiger partial charge in [-0.15, -0.1) is 0 Å². The number of hydrogen-bond acceptors (Lipinski definition) is 6. The number of nitrogens with one attached hydrogen (secondary N) is 4. The van der Waals surface area contributed by atoms with Crippen LogP contribution in [0.3, 0.4) is 0 Å². The molecule has 0 unspecified atom stereocenters. The Labute approximate surface area is 189 Å². The molecule has 1 fully saturated rings. The third-order valence-electron chi connectivity index (χ3n) is 5.77. The Kier molecular flexibility index (Phi) is 5.53. The number of morpholine rings is 1. The highest BCUT2D eigenvalue weighted by Crippen LogP contribution is 2.26. The van der Waals surface area contributed by atoms with Crippen molar-refractivity contribution < 1.29 is 9.53 Å². The summed E-state index contributed by atoms with van der Waals surface area (Å²) in [5.41, 5.74) is 4.83. The van der Waals surface area contributed by atoms with E-state index < -0.39 is 11.5 Å². The van der Waals surface area contributed by atoms with Crippen molar-refractivity contribution >= 4 is 22.6 Å². The number of imidazole rings is 1. The Hall–Kier alpha value is -3.76. The Bertz CT molecular complexity index is 1380. The number of carbonyl (C=O) groups is 1. The first kappa shape index (κ1) is 21.1. The van der Waals surface area contributed by atoms with Crippen LogP contribution in [0.5, 0.6) is 0 Å². The van der Waals surface area contributed by atoms with Gasteiger partial charge in [0.2, 0.25) is 0 Å². The second kappa shape index (κ2) is 8.64. The summed E-state index contributed by atoms with van der Waals surface area (Å²) >= 11 is 0. The molecule has 5 rings (SSSR count). The molecule has 0 aliphatic carbocycles. The van der Waals surface area contributed by atoms with E-state index in [1.54, 1.807) is 19.9 Å². The molecule has 0 bridgehead atoms. The molecule has 0 spiro atoms. The molecule has 10 nitrogen and oxygen atoms in total. The van der Waals surface area contributed by atoms with Gasteiger partial charge in [-0.1, -0.05) is 6.07 Å². The lowest BCUT2D eigenvalue weighted by molar-refractivity contribution is 0.0342. The number of H-pyrrole nitrogens is 3. The summed E-state index contributed by atoms with van der Waals surface area (Å²) in [5, 5.41) is 9.74. The number of aromatic nitrogens is 5. The average Bonchev–Trinajstić information content (AvgIpc) is 3.40. The van der Waals surface area contributed by atoms with Gasteiger partial charge in [0.15, 0.2) is 5.82 Å².